The van der Waals surface area contributed by atoms with E-state index in [-0.39, 0.29) is 18.6 Å². The third kappa shape index (κ3) is 3.00. The van der Waals surface area contributed by atoms with Crippen molar-refractivity contribution in [3.63, 3.8) is 0 Å². The lowest BCUT2D eigenvalue weighted by molar-refractivity contribution is 0.0712. The lowest BCUT2D eigenvalue weighted by atomic mass is 10.0. The third-order valence-electron chi connectivity index (χ3n) is 5.14. The zero-order valence-electron chi connectivity index (χ0n) is 14.4. The van der Waals surface area contributed by atoms with Gasteiger partial charge in [-0.25, -0.2) is 0 Å². The second-order valence-corrected chi connectivity index (χ2v) is 7.17. The second kappa shape index (κ2) is 7.14. The van der Waals surface area contributed by atoms with Gasteiger partial charge in [0, 0.05) is 40.7 Å². The van der Waals surface area contributed by atoms with Crippen molar-refractivity contribution in [1.82, 2.24) is 9.88 Å². The minimum Gasteiger partial charge on any atom is -0.396 e. The van der Waals surface area contributed by atoms with E-state index in [0.717, 1.165) is 41.4 Å². The Hall–Kier alpha value is -2.30. The van der Waals surface area contributed by atoms with Crippen LogP contribution in [0.3, 0.4) is 0 Å². The van der Waals surface area contributed by atoms with Crippen LogP contribution in [0.4, 0.5) is 0 Å². The van der Waals surface area contributed by atoms with E-state index in [9.17, 15) is 9.90 Å². The maximum Gasteiger partial charge on any atom is 0.271 e. The molecule has 1 aliphatic heterocycles. The van der Waals surface area contributed by atoms with Crippen LogP contribution in [0.15, 0.2) is 48.5 Å². The van der Waals surface area contributed by atoms with E-state index in [1.54, 1.807) is 0 Å². The van der Waals surface area contributed by atoms with Gasteiger partial charge in [-0.3, -0.25) is 4.79 Å². The molecule has 1 saturated heterocycles. The summed E-state index contributed by atoms with van der Waals surface area (Å²) in [4.78, 5) is 18.6. The van der Waals surface area contributed by atoms with E-state index in [1.807, 2.05) is 53.4 Å². The number of aliphatic hydroxyl groups is 1. The molecule has 5 heteroatoms. The summed E-state index contributed by atoms with van der Waals surface area (Å²) in [6.07, 6.45) is 2.54. The minimum absolute atomic E-state index is 0.00729. The number of benzene rings is 2. The molecule has 2 aromatic carbocycles. The molecule has 1 fully saturated rings. The van der Waals surface area contributed by atoms with Gasteiger partial charge in [-0.2, -0.15) is 0 Å². The summed E-state index contributed by atoms with van der Waals surface area (Å²) in [6, 6.07) is 15.7. The summed E-state index contributed by atoms with van der Waals surface area (Å²) in [5.41, 5.74) is 3.37. The quantitative estimate of drug-likeness (QED) is 0.713. The highest BCUT2D eigenvalue weighted by molar-refractivity contribution is 6.31. The fourth-order valence-electron chi connectivity index (χ4n) is 3.93. The first-order chi connectivity index (χ1) is 12.7. The molecule has 1 aromatic heterocycles. The summed E-state index contributed by atoms with van der Waals surface area (Å²) in [6.45, 7) is 0.830. The molecule has 2 N–H and O–H groups in total. The van der Waals surface area contributed by atoms with Crippen LogP contribution in [0.5, 0.6) is 0 Å². The number of carbonyl (C=O) groups is 1. The van der Waals surface area contributed by atoms with Crippen LogP contribution >= 0.6 is 11.6 Å². The monoisotopic (exact) mass is 368 g/mol. The lowest BCUT2D eigenvalue weighted by Gasteiger charge is -2.24. The normalized spacial score (nSPS) is 17.2. The third-order valence-corrected chi connectivity index (χ3v) is 5.37. The molecule has 0 unspecified atom stereocenters. The Morgan fingerprint density at radius 1 is 1.23 bits per heavy atom. The summed E-state index contributed by atoms with van der Waals surface area (Å²) in [5, 5.41) is 10.9. The number of amides is 1. The first-order valence-corrected chi connectivity index (χ1v) is 9.35. The standard InChI is InChI=1S/C21H21ClN2O2/c22-15-8-9-18-17(13-15)19(14-5-2-1-3-6-14)20(23-18)21(26)24-11-4-7-16(24)10-12-25/h1-3,5-6,8-9,13,16,23,25H,4,7,10-12H2/t16-/m0/s1. The Kier molecular flexibility index (Phi) is 4.70. The number of aliphatic hydroxyl groups excluding tert-OH is 1. The number of aromatic amines is 1. The lowest BCUT2D eigenvalue weighted by Crippen LogP contribution is -2.36. The Morgan fingerprint density at radius 3 is 2.81 bits per heavy atom. The molecule has 134 valence electrons. The van der Waals surface area contributed by atoms with Gasteiger partial charge < -0.3 is 15.0 Å². The van der Waals surface area contributed by atoms with E-state index < -0.39 is 0 Å². The number of aromatic nitrogens is 1. The predicted molar refractivity (Wildman–Crippen MR) is 105 cm³/mol. The van der Waals surface area contributed by atoms with Crippen LogP contribution < -0.4 is 0 Å². The Labute approximate surface area is 157 Å². The average Bonchev–Trinajstić information content (AvgIpc) is 3.26. The molecule has 1 aliphatic rings. The van der Waals surface area contributed by atoms with Crippen molar-refractivity contribution >= 4 is 28.4 Å². The molecule has 0 saturated carbocycles. The molecular weight excluding hydrogens is 348 g/mol. The fraction of sp³-hybridized carbons (Fsp3) is 0.286. The number of carbonyl (C=O) groups excluding carboxylic acids is 1. The zero-order chi connectivity index (χ0) is 18.1. The molecular formula is C21H21ClN2O2. The first kappa shape index (κ1) is 17.1. The maximum absolute atomic E-state index is 13.4. The number of hydrogen-bond donors (Lipinski definition) is 2. The first-order valence-electron chi connectivity index (χ1n) is 8.97. The van der Waals surface area contributed by atoms with Crippen molar-refractivity contribution in [3.8, 4) is 11.1 Å². The molecule has 1 amide bonds. The van der Waals surface area contributed by atoms with Crippen LogP contribution in [0, 0.1) is 0 Å². The highest BCUT2D eigenvalue weighted by Crippen LogP contribution is 2.35. The molecule has 0 aliphatic carbocycles. The van der Waals surface area contributed by atoms with Gasteiger partial charge in [0.15, 0.2) is 0 Å². The molecule has 1 atom stereocenters. The van der Waals surface area contributed by atoms with Crippen molar-refractivity contribution in [2.45, 2.75) is 25.3 Å². The highest BCUT2D eigenvalue weighted by atomic mass is 35.5. The van der Waals surface area contributed by atoms with Gasteiger partial charge >= 0.3 is 0 Å². The van der Waals surface area contributed by atoms with Crippen LogP contribution in [-0.2, 0) is 0 Å². The largest absolute Gasteiger partial charge is 0.396 e. The van der Waals surface area contributed by atoms with Crippen LogP contribution in [0.2, 0.25) is 5.02 Å². The van der Waals surface area contributed by atoms with E-state index in [4.69, 9.17) is 11.6 Å². The number of fused-ring (bicyclic) bond motifs is 1. The highest BCUT2D eigenvalue weighted by Gasteiger charge is 2.31. The minimum atomic E-state index is -0.00729. The molecule has 3 aromatic rings. The Balaban J connectivity index is 1.85. The molecule has 26 heavy (non-hydrogen) atoms. The SMILES string of the molecule is O=C(c1[nH]c2ccc(Cl)cc2c1-c1ccccc1)N1CCC[C@H]1CCO. The van der Waals surface area contributed by atoms with Crippen molar-refractivity contribution in [2.75, 3.05) is 13.2 Å². The number of H-pyrrole nitrogens is 1. The molecule has 0 radical (unpaired) electrons. The fourth-order valence-corrected chi connectivity index (χ4v) is 4.10. The van der Waals surface area contributed by atoms with Gasteiger partial charge in [-0.15, -0.1) is 0 Å². The zero-order valence-corrected chi connectivity index (χ0v) is 15.2. The number of nitrogens with one attached hydrogen (secondary N) is 1. The molecule has 0 spiro atoms. The summed E-state index contributed by atoms with van der Waals surface area (Å²) < 4.78 is 0. The van der Waals surface area contributed by atoms with Crippen molar-refractivity contribution < 1.29 is 9.90 Å². The number of halogens is 1. The van der Waals surface area contributed by atoms with E-state index in [0.29, 0.717) is 17.1 Å². The van der Waals surface area contributed by atoms with Crippen molar-refractivity contribution in [1.29, 1.82) is 0 Å². The smallest absolute Gasteiger partial charge is 0.271 e. The summed E-state index contributed by atoms with van der Waals surface area (Å²) in [7, 11) is 0. The second-order valence-electron chi connectivity index (χ2n) is 6.74. The number of hydrogen-bond acceptors (Lipinski definition) is 2. The molecule has 0 bridgehead atoms. The number of rotatable bonds is 4. The van der Waals surface area contributed by atoms with Gasteiger partial charge in [0.1, 0.15) is 5.69 Å². The summed E-state index contributed by atoms with van der Waals surface area (Å²) >= 11 is 6.22. The number of likely N-dealkylation sites (tertiary alicyclic amines) is 1. The van der Waals surface area contributed by atoms with E-state index in [2.05, 4.69) is 4.98 Å². The van der Waals surface area contributed by atoms with Crippen LogP contribution in [0.1, 0.15) is 29.8 Å². The van der Waals surface area contributed by atoms with Crippen molar-refractivity contribution in [2.24, 2.45) is 0 Å². The van der Waals surface area contributed by atoms with Gasteiger partial charge in [0.25, 0.3) is 5.91 Å². The Morgan fingerprint density at radius 2 is 2.04 bits per heavy atom. The topological polar surface area (TPSA) is 56.3 Å². The van der Waals surface area contributed by atoms with Crippen LogP contribution in [-0.4, -0.2) is 40.1 Å². The van der Waals surface area contributed by atoms with Gasteiger partial charge in [0.2, 0.25) is 0 Å². The van der Waals surface area contributed by atoms with E-state index in [1.165, 1.54) is 0 Å². The van der Waals surface area contributed by atoms with Crippen molar-refractivity contribution in [3.05, 3.63) is 59.2 Å². The van der Waals surface area contributed by atoms with Gasteiger partial charge in [0.05, 0.1) is 0 Å². The Bertz CT molecular complexity index is 936. The van der Waals surface area contributed by atoms with Gasteiger partial charge in [-0.05, 0) is 43.0 Å². The molecule has 4 rings (SSSR count). The molecule has 4 nitrogen and oxygen atoms in total. The predicted octanol–water partition coefficient (Wildman–Crippen LogP) is 4.48. The maximum atomic E-state index is 13.4. The molecule has 2 heterocycles. The summed E-state index contributed by atoms with van der Waals surface area (Å²) in [5.74, 6) is -0.00729. The average molecular weight is 369 g/mol. The van der Waals surface area contributed by atoms with Crippen LogP contribution in [0.25, 0.3) is 22.0 Å². The van der Waals surface area contributed by atoms with E-state index >= 15 is 0 Å². The van der Waals surface area contributed by atoms with Gasteiger partial charge in [-0.1, -0.05) is 41.9 Å². The number of nitrogens with zero attached hydrogens (tertiary/aromatic N) is 1.